The third-order valence-corrected chi connectivity index (χ3v) is 5.25. The Bertz CT molecular complexity index is 539. The van der Waals surface area contributed by atoms with Gasteiger partial charge in [-0.25, -0.2) is 12.7 Å². The lowest BCUT2D eigenvalue weighted by Crippen LogP contribution is -2.39. The fourth-order valence-corrected chi connectivity index (χ4v) is 3.34. The van der Waals surface area contributed by atoms with Crippen molar-refractivity contribution < 1.29 is 13.2 Å². The van der Waals surface area contributed by atoms with E-state index in [0.29, 0.717) is 24.6 Å². The highest BCUT2D eigenvalue weighted by Crippen LogP contribution is 2.21. The first-order chi connectivity index (χ1) is 9.73. The zero-order chi connectivity index (χ0) is 16.1. The van der Waals surface area contributed by atoms with E-state index in [0.717, 1.165) is 12.0 Å². The second-order valence-corrected chi connectivity index (χ2v) is 8.06. The molecule has 5 nitrogen and oxygen atoms in total. The largest absolute Gasteiger partial charge is 0.384 e. The minimum Gasteiger partial charge on any atom is -0.384 e. The maximum atomic E-state index is 12.5. The lowest BCUT2D eigenvalue weighted by atomic mass is 9.94. The maximum absolute atomic E-state index is 12.5. The molecule has 0 fully saturated rings. The van der Waals surface area contributed by atoms with Gasteiger partial charge in [0.05, 0.1) is 11.5 Å². The van der Waals surface area contributed by atoms with E-state index in [1.54, 1.807) is 26.3 Å². The van der Waals surface area contributed by atoms with Crippen LogP contribution in [0.2, 0.25) is 0 Å². The molecule has 2 N–H and O–H groups in total. The van der Waals surface area contributed by atoms with Crippen LogP contribution in [0.15, 0.2) is 29.2 Å². The van der Waals surface area contributed by atoms with E-state index in [1.165, 1.54) is 4.31 Å². The molecule has 21 heavy (non-hydrogen) atoms. The fraction of sp³-hybridized carbons (Fsp3) is 0.600. The highest BCUT2D eigenvalue weighted by molar-refractivity contribution is 7.89. The second kappa shape index (κ2) is 7.35. The van der Waals surface area contributed by atoms with Gasteiger partial charge in [0.2, 0.25) is 10.0 Å². The van der Waals surface area contributed by atoms with Crippen molar-refractivity contribution in [2.24, 2.45) is 11.1 Å². The molecule has 0 amide bonds. The number of benzene rings is 1. The zero-order valence-corrected chi connectivity index (χ0v) is 14.1. The van der Waals surface area contributed by atoms with Gasteiger partial charge in [-0.05, 0) is 36.1 Å². The molecular formula is C15H26N2O3S. The van der Waals surface area contributed by atoms with E-state index in [2.05, 4.69) is 0 Å². The molecule has 0 aliphatic rings. The van der Waals surface area contributed by atoms with Crippen molar-refractivity contribution in [3.63, 3.8) is 0 Å². The van der Waals surface area contributed by atoms with Crippen LogP contribution >= 0.6 is 0 Å². The molecule has 1 aromatic rings. The molecule has 120 valence electrons. The van der Waals surface area contributed by atoms with Crippen LogP contribution in [0.5, 0.6) is 0 Å². The lowest BCUT2D eigenvalue weighted by molar-refractivity contribution is 0.202. The number of hydrogen-bond donors (Lipinski definition) is 1. The Balaban J connectivity index is 2.87. The number of rotatable bonds is 8. The molecule has 0 heterocycles. The van der Waals surface area contributed by atoms with Crippen molar-refractivity contribution in [2.75, 3.05) is 33.9 Å². The standard InChI is InChI=1S/C15H26N2O3S/c1-15(2,11-16)12-17(3)21(18,19)14-7-5-13(6-8-14)9-10-20-4/h5-8H,9-12,16H2,1-4H3. The maximum Gasteiger partial charge on any atom is 0.242 e. The molecule has 6 heteroatoms. The predicted molar refractivity (Wildman–Crippen MR) is 84.7 cm³/mol. The topological polar surface area (TPSA) is 72.6 Å². The molecule has 1 aromatic carbocycles. The molecule has 0 unspecified atom stereocenters. The molecule has 0 aliphatic carbocycles. The fourth-order valence-electron chi connectivity index (χ4n) is 1.98. The number of ether oxygens (including phenoxy) is 1. The molecule has 0 bridgehead atoms. The summed E-state index contributed by atoms with van der Waals surface area (Å²) in [5.74, 6) is 0. The minimum atomic E-state index is -3.47. The van der Waals surface area contributed by atoms with Gasteiger partial charge in [-0.2, -0.15) is 0 Å². The summed E-state index contributed by atoms with van der Waals surface area (Å²) in [6.45, 7) is 5.34. The second-order valence-electron chi connectivity index (χ2n) is 6.02. The van der Waals surface area contributed by atoms with Crippen molar-refractivity contribution >= 4 is 10.0 Å². The van der Waals surface area contributed by atoms with Gasteiger partial charge < -0.3 is 10.5 Å². The summed E-state index contributed by atoms with van der Waals surface area (Å²) in [6, 6.07) is 6.94. The molecule has 0 aliphatic heterocycles. The van der Waals surface area contributed by atoms with Gasteiger partial charge in [0.15, 0.2) is 0 Å². The van der Waals surface area contributed by atoms with Gasteiger partial charge in [-0.1, -0.05) is 26.0 Å². The van der Waals surface area contributed by atoms with E-state index in [-0.39, 0.29) is 5.41 Å². The van der Waals surface area contributed by atoms with Crippen molar-refractivity contribution in [1.29, 1.82) is 0 Å². The van der Waals surface area contributed by atoms with Crippen molar-refractivity contribution in [3.05, 3.63) is 29.8 Å². The predicted octanol–water partition coefficient (Wildman–Crippen LogP) is 1.48. The van der Waals surface area contributed by atoms with E-state index < -0.39 is 10.0 Å². The first-order valence-corrected chi connectivity index (χ1v) is 8.41. The molecule has 0 spiro atoms. The van der Waals surface area contributed by atoms with Gasteiger partial charge in [-0.15, -0.1) is 0 Å². The van der Waals surface area contributed by atoms with Crippen molar-refractivity contribution in [3.8, 4) is 0 Å². The first kappa shape index (κ1) is 18.1. The third kappa shape index (κ3) is 5.07. The van der Waals surface area contributed by atoms with Crippen molar-refractivity contribution in [2.45, 2.75) is 25.2 Å². The zero-order valence-electron chi connectivity index (χ0n) is 13.3. The van der Waals surface area contributed by atoms with E-state index in [9.17, 15) is 8.42 Å². The average Bonchev–Trinajstić information content (AvgIpc) is 2.45. The number of nitrogens with zero attached hydrogens (tertiary/aromatic N) is 1. The molecule has 0 saturated carbocycles. The van der Waals surface area contributed by atoms with Crippen LogP contribution in [0.4, 0.5) is 0 Å². The minimum absolute atomic E-state index is 0.250. The van der Waals surface area contributed by atoms with Gasteiger partial charge in [0, 0.05) is 20.7 Å². The molecule has 1 rings (SSSR count). The van der Waals surface area contributed by atoms with Gasteiger partial charge in [-0.3, -0.25) is 0 Å². The van der Waals surface area contributed by atoms with Crippen LogP contribution in [0.3, 0.4) is 0 Å². The summed E-state index contributed by atoms with van der Waals surface area (Å²) >= 11 is 0. The average molecular weight is 314 g/mol. The third-order valence-electron chi connectivity index (χ3n) is 3.43. The van der Waals surface area contributed by atoms with Gasteiger partial charge >= 0.3 is 0 Å². The van der Waals surface area contributed by atoms with Crippen molar-refractivity contribution in [1.82, 2.24) is 4.31 Å². The Morgan fingerprint density at radius 1 is 1.24 bits per heavy atom. The molecule has 0 saturated heterocycles. The highest BCUT2D eigenvalue weighted by atomic mass is 32.2. The quantitative estimate of drug-likeness (QED) is 0.789. The van der Waals surface area contributed by atoms with Crippen LogP contribution < -0.4 is 5.73 Å². The van der Waals surface area contributed by atoms with Crippen LogP contribution in [-0.4, -0.2) is 46.6 Å². The Hall–Kier alpha value is -0.950. The van der Waals surface area contributed by atoms with Gasteiger partial charge in [0.1, 0.15) is 0 Å². The summed E-state index contributed by atoms with van der Waals surface area (Å²) in [7, 11) is -0.238. The monoisotopic (exact) mass is 314 g/mol. The smallest absolute Gasteiger partial charge is 0.242 e. The number of sulfonamides is 1. The number of methoxy groups -OCH3 is 1. The van der Waals surface area contributed by atoms with Crippen LogP contribution in [0, 0.1) is 5.41 Å². The normalized spacial score (nSPS) is 12.9. The van der Waals surface area contributed by atoms with E-state index in [4.69, 9.17) is 10.5 Å². The molecule has 0 atom stereocenters. The summed E-state index contributed by atoms with van der Waals surface area (Å²) in [5.41, 5.74) is 6.48. The molecular weight excluding hydrogens is 288 g/mol. The summed E-state index contributed by atoms with van der Waals surface area (Å²) in [5, 5.41) is 0. The summed E-state index contributed by atoms with van der Waals surface area (Å²) in [6.07, 6.45) is 0.771. The number of nitrogens with two attached hydrogens (primary N) is 1. The van der Waals surface area contributed by atoms with Gasteiger partial charge in [0.25, 0.3) is 0 Å². The van der Waals surface area contributed by atoms with Crippen LogP contribution in [-0.2, 0) is 21.2 Å². The Morgan fingerprint density at radius 2 is 1.81 bits per heavy atom. The summed E-state index contributed by atoms with van der Waals surface area (Å²) in [4.78, 5) is 0.305. The Labute approximate surface area is 128 Å². The SMILES string of the molecule is COCCc1ccc(S(=O)(=O)N(C)CC(C)(C)CN)cc1. The Kier molecular flexibility index (Phi) is 6.34. The van der Waals surface area contributed by atoms with Crippen LogP contribution in [0.25, 0.3) is 0 Å². The molecule has 0 radical (unpaired) electrons. The molecule has 0 aromatic heterocycles. The highest BCUT2D eigenvalue weighted by Gasteiger charge is 2.27. The lowest BCUT2D eigenvalue weighted by Gasteiger charge is -2.28. The Morgan fingerprint density at radius 3 is 2.29 bits per heavy atom. The summed E-state index contributed by atoms with van der Waals surface area (Å²) < 4.78 is 31.4. The number of hydrogen-bond acceptors (Lipinski definition) is 4. The van der Waals surface area contributed by atoms with Crippen LogP contribution in [0.1, 0.15) is 19.4 Å². The first-order valence-electron chi connectivity index (χ1n) is 6.97. The van der Waals surface area contributed by atoms with E-state index in [1.807, 2.05) is 26.0 Å². The van der Waals surface area contributed by atoms with E-state index >= 15 is 0 Å².